The van der Waals surface area contributed by atoms with E-state index in [1.54, 1.807) is 0 Å². The van der Waals surface area contributed by atoms with Crippen molar-refractivity contribution < 1.29 is 15.0 Å². The second kappa shape index (κ2) is 5.86. The minimum atomic E-state index is -1.02. The molecule has 0 heterocycles. The van der Waals surface area contributed by atoms with Gasteiger partial charge in [0.15, 0.2) is 0 Å². The van der Waals surface area contributed by atoms with Gasteiger partial charge in [0.05, 0.1) is 11.5 Å². The van der Waals surface area contributed by atoms with Crippen LogP contribution in [-0.2, 0) is 4.79 Å². The van der Waals surface area contributed by atoms with Crippen molar-refractivity contribution in [3.05, 3.63) is 0 Å². The average molecular weight is 243 g/mol. The molecule has 98 valence electrons. The maximum atomic E-state index is 11.4. The molecule has 1 rings (SSSR count). The molecule has 0 amide bonds. The first-order valence-electron chi connectivity index (χ1n) is 5.96. The fourth-order valence-electron chi connectivity index (χ4n) is 2.53. The van der Waals surface area contributed by atoms with Crippen LogP contribution in [0.2, 0.25) is 0 Å². The van der Waals surface area contributed by atoms with Gasteiger partial charge < -0.3 is 21.4 Å². The molecular formula is C11H21N3O3. The number of nitrogens with two attached hydrogens (primary N) is 1. The maximum absolute atomic E-state index is 11.4. The zero-order valence-corrected chi connectivity index (χ0v) is 10.1. The number of aliphatic hydroxyl groups is 1. The second-order valence-corrected chi connectivity index (χ2v) is 4.66. The minimum Gasteiger partial charge on any atom is -0.481 e. The summed E-state index contributed by atoms with van der Waals surface area (Å²) in [7, 11) is 0. The zero-order valence-electron chi connectivity index (χ0n) is 10.1. The van der Waals surface area contributed by atoms with E-state index >= 15 is 0 Å². The van der Waals surface area contributed by atoms with E-state index < -0.39 is 17.5 Å². The van der Waals surface area contributed by atoms with Crippen molar-refractivity contribution in [3.63, 3.8) is 0 Å². The van der Waals surface area contributed by atoms with Crippen LogP contribution >= 0.6 is 0 Å². The van der Waals surface area contributed by atoms with Crippen molar-refractivity contribution in [1.29, 1.82) is 0 Å². The molecule has 0 aliphatic heterocycles. The van der Waals surface area contributed by atoms with Crippen LogP contribution in [0.1, 0.15) is 39.0 Å². The molecule has 17 heavy (non-hydrogen) atoms. The first kappa shape index (κ1) is 13.8. The monoisotopic (exact) mass is 243 g/mol. The van der Waals surface area contributed by atoms with Crippen LogP contribution < -0.4 is 11.2 Å². The van der Waals surface area contributed by atoms with Gasteiger partial charge in [-0.1, -0.05) is 19.8 Å². The van der Waals surface area contributed by atoms with Crippen molar-refractivity contribution in [2.24, 2.45) is 16.4 Å². The molecule has 0 radical (unpaired) electrons. The van der Waals surface area contributed by atoms with Crippen molar-refractivity contribution in [2.45, 2.75) is 51.2 Å². The van der Waals surface area contributed by atoms with Gasteiger partial charge in [-0.2, -0.15) is 5.10 Å². The van der Waals surface area contributed by atoms with Crippen molar-refractivity contribution >= 4 is 12.3 Å². The highest BCUT2D eigenvalue weighted by Gasteiger charge is 2.51. The fourth-order valence-corrected chi connectivity index (χ4v) is 2.53. The standard InChI is InChI=1S/C11H21N3O3/c1-2-3-4-11(10(16)17)6-8(5-9(11)15)13-7-14-12/h7-9,15H,2-6,12H2,1H3,(H,13,14)(H,16,17). The number of carboxylic acids is 1. The number of unbranched alkanes of at least 4 members (excludes halogenated alkanes) is 1. The minimum absolute atomic E-state index is 0.0785. The molecule has 6 nitrogen and oxygen atoms in total. The number of aliphatic hydroxyl groups excluding tert-OH is 1. The highest BCUT2D eigenvalue weighted by atomic mass is 16.4. The van der Waals surface area contributed by atoms with Gasteiger partial charge in [0.1, 0.15) is 6.34 Å². The van der Waals surface area contributed by atoms with E-state index in [1.165, 1.54) is 6.34 Å². The predicted molar refractivity (Wildman–Crippen MR) is 64.4 cm³/mol. The van der Waals surface area contributed by atoms with E-state index in [4.69, 9.17) is 5.84 Å². The zero-order chi connectivity index (χ0) is 12.9. The summed E-state index contributed by atoms with van der Waals surface area (Å²) in [5.41, 5.74) is -1.02. The number of hydrogen-bond donors (Lipinski definition) is 4. The Hall–Kier alpha value is -1.30. The predicted octanol–water partition coefficient (Wildman–Crippen LogP) is 0.263. The highest BCUT2D eigenvalue weighted by Crippen LogP contribution is 2.42. The molecule has 1 aliphatic carbocycles. The lowest BCUT2D eigenvalue weighted by molar-refractivity contribution is -0.155. The molecule has 0 aromatic rings. The fraction of sp³-hybridized carbons (Fsp3) is 0.818. The van der Waals surface area contributed by atoms with Crippen LogP contribution in [-0.4, -0.2) is 34.7 Å². The number of hydrazone groups is 1. The van der Waals surface area contributed by atoms with Gasteiger partial charge in [-0.15, -0.1) is 0 Å². The maximum Gasteiger partial charge on any atom is 0.312 e. The number of nitrogens with one attached hydrogen (secondary N) is 1. The number of aliphatic carboxylic acids is 1. The lowest BCUT2D eigenvalue weighted by Gasteiger charge is -2.27. The van der Waals surface area contributed by atoms with E-state index in [0.717, 1.165) is 12.8 Å². The van der Waals surface area contributed by atoms with E-state index in [9.17, 15) is 15.0 Å². The Balaban J connectivity index is 2.73. The van der Waals surface area contributed by atoms with E-state index in [2.05, 4.69) is 10.4 Å². The first-order chi connectivity index (χ1) is 8.06. The molecule has 5 N–H and O–H groups in total. The Morgan fingerprint density at radius 3 is 2.94 bits per heavy atom. The van der Waals surface area contributed by atoms with Gasteiger partial charge in [-0.3, -0.25) is 4.79 Å². The van der Waals surface area contributed by atoms with Gasteiger partial charge >= 0.3 is 5.97 Å². The lowest BCUT2D eigenvalue weighted by Crippen LogP contribution is -2.38. The normalized spacial score (nSPS) is 33.1. The number of rotatable bonds is 6. The summed E-state index contributed by atoms with van der Waals surface area (Å²) >= 11 is 0. The van der Waals surface area contributed by atoms with Crippen LogP contribution in [0.3, 0.4) is 0 Å². The van der Waals surface area contributed by atoms with E-state index in [-0.39, 0.29) is 6.04 Å². The van der Waals surface area contributed by atoms with Gasteiger partial charge in [0, 0.05) is 6.04 Å². The summed E-state index contributed by atoms with van der Waals surface area (Å²) in [4.78, 5) is 11.4. The molecule has 1 saturated carbocycles. The average Bonchev–Trinajstić information content (AvgIpc) is 2.62. The highest BCUT2D eigenvalue weighted by molar-refractivity contribution is 5.76. The summed E-state index contributed by atoms with van der Waals surface area (Å²) in [6, 6.07) is -0.0785. The largest absolute Gasteiger partial charge is 0.481 e. The first-order valence-corrected chi connectivity index (χ1v) is 5.96. The number of carbonyl (C=O) groups is 1. The second-order valence-electron chi connectivity index (χ2n) is 4.66. The van der Waals surface area contributed by atoms with Crippen LogP contribution in [0, 0.1) is 5.41 Å². The molecule has 6 heteroatoms. The van der Waals surface area contributed by atoms with Crippen LogP contribution in [0.5, 0.6) is 0 Å². The third-order valence-electron chi connectivity index (χ3n) is 3.54. The van der Waals surface area contributed by atoms with Crippen LogP contribution in [0.25, 0.3) is 0 Å². The van der Waals surface area contributed by atoms with Crippen molar-refractivity contribution in [1.82, 2.24) is 5.32 Å². The molecule has 0 saturated heterocycles. The number of nitrogens with zero attached hydrogens (tertiary/aromatic N) is 1. The third-order valence-corrected chi connectivity index (χ3v) is 3.54. The topological polar surface area (TPSA) is 108 Å². The molecule has 0 spiro atoms. The Morgan fingerprint density at radius 1 is 1.71 bits per heavy atom. The molecule has 1 fully saturated rings. The molecule has 0 aromatic heterocycles. The number of carboxylic acid groups (broad SMARTS) is 1. The van der Waals surface area contributed by atoms with Gasteiger partial charge in [0.25, 0.3) is 0 Å². The third kappa shape index (κ3) is 2.88. The van der Waals surface area contributed by atoms with Gasteiger partial charge in [0.2, 0.25) is 0 Å². The Morgan fingerprint density at radius 2 is 2.41 bits per heavy atom. The Bertz CT molecular complexity index is 296. The quantitative estimate of drug-likeness (QED) is 0.232. The molecule has 3 unspecified atom stereocenters. The summed E-state index contributed by atoms with van der Waals surface area (Å²) < 4.78 is 0. The number of hydrogen-bond acceptors (Lipinski definition) is 4. The van der Waals surface area contributed by atoms with Crippen molar-refractivity contribution in [2.75, 3.05) is 0 Å². The SMILES string of the molecule is CCCCC1(C(=O)O)CC(NC=NN)CC1O. The molecule has 3 atom stereocenters. The summed E-state index contributed by atoms with van der Waals surface area (Å²) in [5, 5.41) is 25.6. The molecule has 1 aliphatic rings. The summed E-state index contributed by atoms with van der Waals surface area (Å²) in [5.74, 6) is 4.07. The van der Waals surface area contributed by atoms with Gasteiger partial charge in [-0.25, -0.2) is 0 Å². The lowest BCUT2D eigenvalue weighted by atomic mass is 9.79. The Labute approximate surface area is 101 Å². The Kier molecular flexibility index (Phi) is 4.74. The molecule has 0 aromatic carbocycles. The summed E-state index contributed by atoms with van der Waals surface area (Å²) in [6.45, 7) is 2.01. The van der Waals surface area contributed by atoms with E-state index in [0.29, 0.717) is 19.3 Å². The van der Waals surface area contributed by atoms with Gasteiger partial charge in [-0.05, 0) is 19.3 Å². The smallest absolute Gasteiger partial charge is 0.312 e. The molecular weight excluding hydrogens is 222 g/mol. The van der Waals surface area contributed by atoms with Crippen molar-refractivity contribution in [3.8, 4) is 0 Å². The van der Waals surface area contributed by atoms with E-state index in [1.807, 2.05) is 6.92 Å². The molecule has 0 bridgehead atoms. The van der Waals surface area contributed by atoms with Crippen LogP contribution in [0.15, 0.2) is 5.10 Å². The summed E-state index contributed by atoms with van der Waals surface area (Å²) in [6.07, 6.45) is 3.60. The van der Waals surface area contributed by atoms with Crippen LogP contribution in [0.4, 0.5) is 0 Å².